The summed E-state index contributed by atoms with van der Waals surface area (Å²) in [6.45, 7) is 9.47. The van der Waals surface area contributed by atoms with Crippen LogP contribution in [0.4, 0.5) is 0 Å². The highest BCUT2D eigenvalue weighted by atomic mass is 14.4. The van der Waals surface area contributed by atoms with Crippen molar-refractivity contribution in [3.05, 3.63) is 70.8 Å². The molecule has 0 radical (unpaired) electrons. The summed E-state index contributed by atoms with van der Waals surface area (Å²) in [5, 5.41) is 3.05. The predicted molar refractivity (Wildman–Crippen MR) is 144 cm³/mol. The van der Waals surface area contributed by atoms with Crippen molar-refractivity contribution >= 4 is 10.8 Å². The van der Waals surface area contributed by atoms with Crippen LogP contribution >= 0.6 is 0 Å². The van der Waals surface area contributed by atoms with Gasteiger partial charge >= 0.3 is 0 Å². The van der Waals surface area contributed by atoms with Gasteiger partial charge in [0.2, 0.25) is 0 Å². The fourth-order valence-electron chi connectivity index (χ4n) is 6.91. The molecule has 0 heterocycles. The van der Waals surface area contributed by atoms with Gasteiger partial charge in [-0.15, -0.1) is 0 Å². The highest BCUT2D eigenvalue weighted by molar-refractivity contribution is 6.04. The van der Waals surface area contributed by atoms with E-state index in [-0.39, 0.29) is 5.41 Å². The third kappa shape index (κ3) is 4.05. The number of hydrogen-bond acceptors (Lipinski definition) is 0. The first-order valence-electron chi connectivity index (χ1n) is 13.7. The molecule has 3 aromatic rings. The molecule has 0 saturated heterocycles. The van der Waals surface area contributed by atoms with E-state index in [0.717, 1.165) is 11.8 Å². The van der Waals surface area contributed by atoms with E-state index in [4.69, 9.17) is 0 Å². The van der Waals surface area contributed by atoms with Crippen LogP contribution in [-0.4, -0.2) is 0 Å². The lowest BCUT2D eigenvalue weighted by atomic mass is 9.67. The van der Waals surface area contributed by atoms with Gasteiger partial charge in [0.25, 0.3) is 0 Å². The van der Waals surface area contributed by atoms with Gasteiger partial charge in [0.1, 0.15) is 0 Å². The van der Waals surface area contributed by atoms with Gasteiger partial charge in [-0.3, -0.25) is 0 Å². The Kier molecular flexibility index (Phi) is 6.39. The summed E-state index contributed by atoms with van der Waals surface area (Å²) in [7, 11) is 0. The number of hydrogen-bond donors (Lipinski definition) is 0. The molecule has 0 heteroatoms. The molecule has 0 nitrogen and oxygen atoms in total. The summed E-state index contributed by atoms with van der Waals surface area (Å²) in [6.07, 6.45) is 13.6. The predicted octanol–water partition coefficient (Wildman–Crippen LogP) is 9.95. The van der Waals surface area contributed by atoms with Crippen molar-refractivity contribution in [2.24, 2.45) is 5.92 Å². The maximum atomic E-state index is 2.49. The Balaban J connectivity index is 1.52. The SMILES string of the molecule is CCCCCC1CCC(c2ccc3c4c(cccc24)C(C)(C)c2cc(CCC)ccc2-3)CC1. The van der Waals surface area contributed by atoms with Crippen LogP contribution in [-0.2, 0) is 11.8 Å². The zero-order valence-electron chi connectivity index (χ0n) is 21.3. The normalized spacial score (nSPS) is 21.2. The molecule has 1 fully saturated rings. The van der Waals surface area contributed by atoms with Gasteiger partial charge in [-0.05, 0) is 88.1 Å². The molecule has 0 bridgehead atoms. The van der Waals surface area contributed by atoms with Crippen molar-refractivity contribution in [2.75, 3.05) is 0 Å². The third-order valence-electron chi connectivity index (χ3n) is 8.84. The van der Waals surface area contributed by atoms with Crippen molar-refractivity contribution < 1.29 is 0 Å². The van der Waals surface area contributed by atoms with Crippen molar-refractivity contribution in [2.45, 2.75) is 103 Å². The van der Waals surface area contributed by atoms with Gasteiger partial charge in [0.15, 0.2) is 0 Å². The first kappa shape index (κ1) is 22.7. The maximum Gasteiger partial charge on any atom is 0.0159 e. The van der Waals surface area contributed by atoms with Crippen molar-refractivity contribution in [1.29, 1.82) is 0 Å². The Morgan fingerprint density at radius 2 is 1.58 bits per heavy atom. The summed E-state index contributed by atoms with van der Waals surface area (Å²) in [5.41, 5.74) is 9.07. The lowest BCUT2D eigenvalue weighted by Gasteiger charge is -2.37. The molecule has 2 aliphatic carbocycles. The van der Waals surface area contributed by atoms with E-state index in [1.807, 2.05) is 0 Å². The molecule has 0 unspecified atom stereocenters. The van der Waals surface area contributed by atoms with E-state index in [9.17, 15) is 0 Å². The van der Waals surface area contributed by atoms with E-state index in [2.05, 4.69) is 76.2 Å². The quantitative estimate of drug-likeness (QED) is 0.322. The van der Waals surface area contributed by atoms with Crippen LogP contribution in [0, 0.1) is 5.92 Å². The van der Waals surface area contributed by atoms with Gasteiger partial charge in [0, 0.05) is 5.41 Å². The van der Waals surface area contributed by atoms with E-state index < -0.39 is 0 Å². The van der Waals surface area contributed by atoms with Gasteiger partial charge in [-0.1, -0.05) is 108 Å². The van der Waals surface area contributed by atoms with Gasteiger partial charge in [-0.2, -0.15) is 0 Å². The molecule has 3 aromatic carbocycles. The Morgan fingerprint density at radius 3 is 2.33 bits per heavy atom. The van der Waals surface area contributed by atoms with Gasteiger partial charge in [0.05, 0.1) is 0 Å². The molecule has 174 valence electrons. The van der Waals surface area contributed by atoms with Crippen LogP contribution < -0.4 is 0 Å². The molecular formula is C33H42. The summed E-state index contributed by atoms with van der Waals surface area (Å²) >= 11 is 0. The molecule has 0 atom stereocenters. The largest absolute Gasteiger partial charge is 0.0654 e. The lowest BCUT2D eigenvalue weighted by molar-refractivity contribution is 0.303. The van der Waals surface area contributed by atoms with Crippen LogP contribution in [0.2, 0.25) is 0 Å². The smallest absolute Gasteiger partial charge is 0.0159 e. The molecule has 0 aromatic heterocycles. The van der Waals surface area contributed by atoms with E-state index in [1.165, 1.54) is 103 Å². The second-order valence-corrected chi connectivity index (χ2v) is 11.4. The average Bonchev–Trinajstić information content (AvgIpc) is 2.83. The highest BCUT2D eigenvalue weighted by Crippen LogP contribution is 2.51. The monoisotopic (exact) mass is 438 g/mol. The molecule has 0 N–H and O–H groups in total. The first-order chi connectivity index (χ1) is 16.0. The zero-order chi connectivity index (χ0) is 23.0. The second kappa shape index (κ2) is 9.28. The molecule has 5 rings (SSSR count). The Morgan fingerprint density at radius 1 is 0.788 bits per heavy atom. The van der Waals surface area contributed by atoms with Crippen molar-refractivity contribution in [3.8, 4) is 11.1 Å². The average molecular weight is 439 g/mol. The summed E-state index contributed by atoms with van der Waals surface area (Å²) < 4.78 is 0. The van der Waals surface area contributed by atoms with E-state index >= 15 is 0 Å². The van der Waals surface area contributed by atoms with Crippen LogP contribution in [0.3, 0.4) is 0 Å². The summed E-state index contributed by atoms with van der Waals surface area (Å²) in [4.78, 5) is 0. The Labute approximate surface area is 201 Å². The minimum atomic E-state index is 0.0428. The standard InChI is InChI=1S/C33H42/c1-5-7-8-11-23-14-17-25(18-15-23)26-20-21-29-27-19-16-24(10-6-2)22-31(27)33(3,4)30-13-9-12-28(26)32(29)30/h9,12-13,16,19-23,25H,5-8,10-11,14-15,17-18H2,1-4H3. The fraction of sp³-hybridized carbons (Fsp3) is 0.515. The Hall–Kier alpha value is -2.08. The maximum absolute atomic E-state index is 2.49. The van der Waals surface area contributed by atoms with Gasteiger partial charge < -0.3 is 0 Å². The fourth-order valence-corrected chi connectivity index (χ4v) is 6.91. The molecule has 2 aliphatic rings. The minimum absolute atomic E-state index is 0.0428. The van der Waals surface area contributed by atoms with Crippen LogP contribution in [0.5, 0.6) is 0 Å². The van der Waals surface area contributed by atoms with E-state index in [1.54, 1.807) is 5.56 Å². The third-order valence-corrected chi connectivity index (χ3v) is 8.84. The number of fused-ring (bicyclic) bond motifs is 2. The minimum Gasteiger partial charge on any atom is -0.0654 e. The number of benzene rings is 3. The molecule has 0 aliphatic heterocycles. The van der Waals surface area contributed by atoms with Crippen molar-refractivity contribution in [1.82, 2.24) is 0 Å². The van der Waals surface area contributed by atoms with Crippen molar-refractivity contribution in [3.63, 3.8) is 0 Å². The first-order valence-corrected chi connectivity index (χ1v) is 13.7. The highest BCUT2D eigenvalue weighted by Gasteiger charge is 2.34. The van der Waals surface area contributed by atoms with Crippen LogP contribution in [0.15, 0.2) is 48.5 Å². The summed E-state index contributed by atoms with van der Waals surface area (Å²) in [6, 6.07) is 19.4. The Bertz CT molecular complexity index is 1120. The lowest BCUT2D eigenvalue weighted by Crippen LogP contribution is -2.24. The molecule has 33 heavy (non-hydrogen) atoms. The molecular weight excluding hydrogens is 396 g/mol. The van der Waals surface area contributed by atoms with Gasteiger partial charge in [-0.25, -0.2) is 0 Å². The van der Waals surface area contributed by atoms with Crippen LogP contribution in [0.25, 0.3) is 21.9 Å². The number of aryl methyl sites for hydroxylation is 1. The summed E-state index contributed by atoms with van der Waals surface area (Å²) in [5.74, 6) is 1.70. The number of unbranched alkanes of at least 4 members (excludes halogenated alkanes) is 2. The topological polar surface area (TPSA) is 0 Å². The van der Waals surface area contributed by atoms with E-state index in [0.29, 0.717) is 0 Å². The van der Waals surface area contributed by atoms with Crippen LogP contribution in [0.1, 0.15) is 114 Å². The molecule has 0 amide bonds. The molecule has 0 spiro atoms. The molecule has 1 saturated carbocycles. The number of rotatable bonds is 7. The second-order valence-electron chi connectivity index (χ2n) is 11.4. The zero-order valence-corrected chi connectivity index (χ0v) is 21.3.